The molecule has 0 aromatic carbocycles. The molecule has 1 fully saturated rings. The van der Waals surface area contributed by atoms with Gasteiger partial charge in [-0.2, -0.15) is 0 Å². The molecule has 0 spiro atoms. The summed E-state index contributed by atoms with van der Waals surface area (Å²) < 4.78 is 6.22. The fourth-order valence-electron chi connectivity index (χ4n) is 2.37. The van der Waals surface area contributed by atoms with Gasteiger partial charge in [-0.3, -0.25) is 14.3 Å². The third-order valence-corrected chi connectivity index (χ3v) is 3.51. The molecule has 22 heavy (non-hydrogen) atoms. The standard InChI is InChI=1S/C12H14N4O6/c17-4-6-7(18)8(19)11(22-6)16-3-5(9-13-1-2-14-9)10(20)15-12(16)21/h1-3,6-8,11,17-19H,4H2,(H,13,14)(H,15,20,21)/t6-,7-,8-,11-/m1/s1. The molecule has 1 saturated heterocycles. The van der Waals surface area contributed by atoms with E-state index in [4.69, 9.17) is 9.84 Å². The van der Waals surface area contributed by atoms with Crippen molar-refractivity contribution in [2.24, 2.45) is 0 Å². The molecule has 3 rings (SSSR count). The monoisotopic (exact) mass is 310 g/mol. The van der Waals surface area contributed by atoms with Gasteiger partial charge in [0.05, 0.1) is 12.2 Å². The zero-order valence-electron chi connectivity index (χ0n) is 11.2. The summed E-state index contributed by atoms with van der Waals surface area (Å²) in [5, 5.41) is 28.8. The molecule has 1 aliphatic heterocycles. The van der Waals surface area contributed by atoms with Crippen molar-refractivity contribution < 1.29 is 20.1 Å². The number of H-pyrrole nitrogens is 2. The number of rotatable bonds is 3. The Hall–Kier alpha value is -2.27. The predicted octanol–water partition coefficient (Wildman–Crippen LogP) is -2.46. The smallest absolute Gasteiger partial charge is 0.330 e. The lowest BCUT2D eigenvalue weighted by atomic mass is 10.1. The van der Waals surface area contributed by atoms with Gasteiger partial charge in [0.2, 0.25) is 0 Å². The van der Waals surface area contributed by atoms with Crippen LogP contribution in [0.2, 0.25) is 0 Å². The molecule has 4 atom stereocenters. The summed E-state index contributed by atoms with van der Waals surface area (Å²) in [7, 11) is 0. The molecular formula is C12H14N4O6. The molecule has 0 aliphatic carbocycles. The van der Waals surface area contributed by atoms with Crippen LogP contribution in [0.1, 0.15) is 6.23 Å². The molecule has 0 amide bonds. The van der Waals surface area contributed by atoms with Gasteiger partial charge < -0.3 is 25.0 Å². The van der Waals surface area contributed by atoms with E-state index in [-0.39, 0.29) is 11.4 Å². The summed E-state index contributed by atoms with van der Waals surface area (Å²) in [6.45, 7) is -0.516. The first kappa shape index (κ1) is 14.7. The van der Waals surface area contributed by atoms with Gasteiger partial charge in [0.25, 0.3) is 5.56 Å². The number of hydrogen-bond donors (Lipinski definition) is 5. The highest BCUT2D eigenvalue weighted by atomic mass is 16.6. The van der Waals surface area contributed by atoms with Crippen molar-refractivity contribution in [1.82, 2.24) is 19.5 Å². The molecule has 0 radical (unpaired) electrons. The van der Waals surface area contributed by atoms with Crippen LogP contribution in [-0.4, -0.2) is 59.8 Å². The number of aromatic nitrogens is 4. The summed E-state index contributed by atoms with van der Waals surface area (Å²) in [5.74, 6) is 0.238. The number of aliphatic hydroxyl groups excluding tert-OH is 3. The summed E-state index contributed by atoms with van der Waals surface area (Å²) in [5.41, 5.74) is -1.39. The van der Waals surface area contributed by atoms with E-state index in [1.807, 2.05) is 0 Å². The van der Waals surface area contributed by atoms with E-state index in [2.05, 4.69) is 15.0 Å². The second-order valence-electron chi connectivity index (χ2n) is 4.88. The van der Waals surface area contributed by atoms with Crippen molar-refractivity contribution in [3.8, 4) is 11.4 Å². The molecule has 10 heteroatoms. The Morgan fingerprint density at radius 1 is 1.32 bits per heavy atom. The normalized spacial score (nSPS) is 28.1. The van der Waals surface area contributed by atoms with E-state index in [1.165, 1.54) is 18.6 Å². The first-order valence-corrected chi connectivity index (χ1v) is 6.50. The lowest BCUT2D eigenvalue weighted by Crippen LogP contribution is -2.38. The first-order chi connectivity index (χ1) is 10.5. The molecule has 2 aromatic heterocycles. The number of imidazole rings is 1. The molecule has 118 valence electrons. The minimum Gasteiger partial charge on any atom is -0.394 e. The van der Waals surface area contributed by atoms with Crippen LogP contribution in [0, 0.1) is 0 Å². The summed E-state index contributed by atoms with van der Waals surface area (Å²) in [6, 6.07) is 0. The van der Waals surface area contributed by atoms with Gasteiger partial charge in [-0.05, 0) is 0 Å². The van der Waals surface area contributed by atoms with Crippen LogP contribution in [-0.2, 0) is 4.74 Å². The Kier molecular flexibility index (Phi) is 3.66. The average Bonchev–Trinajstić information content (AvgIpc) is 3.10. The molecule has 1 aliphatic rings. The maximum Gasteiger partial charge on any atom is 0.330 e. The summed E-state index contributed by atoms with van der Waals surface area (Å²) in [6.07, 6.45) is -0.893. The van der Waals surface area contributed by atoms with Gasteiger partial charge >= 0.3 is 5.69 Å². The van der Waals surface area contributed by atoms with E-state index in [1.54, 1.807) is 0 Å². The van der Waals surface area contributed by atoms with Crippen molar-refractivity contribution >= 4 is 0 Å². The first-order valence-electron chi connectivity index (χ1n) is 6.50. The van der Waals surface area contributed by atoms with E-state index < -0.39 is 42.4 Å². The van der Waals surface area contributed by atoms with Crippen LogP contribution < -0.4 is 11.2 Å². The van der Waals surface area contributed by atoms with Crippen LogP contribution in [0.15, 0.2) is 28.2 Å². The molecule has 3 heterocycles. The van der Waals surface area contributed by atoms with Crippen molar-refractivity contribution in [2.75, 3.05) is 6.61 Å². The Morgan fingerprint density at radius 3 is 2.68 bits per heavy atom. The number of aromatic amines is 2. The van der Waals surface area contributed by atoms with Gasteiger partial charge in [0.1, 0.15) is 24.1 Å². The van der Waals surface area contributed by atoms with Crippen molar-refractivity contribution in [1.29, 1.82) is 0 Å². The molecular weight excluding hydrogens is 296 g/mol. The predicted molar refractivity (Wildman–Crippen MR) is 71.9 cm³/mol. The maximum absolute atomic E-state index is 11.9. The third kappa shape index (κ3) is 2.27. The van der Waals surface area contributed by atoms with Gasteiger partial charge in [0.15, 0.2) is 6.23 Å². The van der Waals surface area contributed by atoms with E-state index in [9.17, 15) is 19.8 Å². The molecule has 5 N–H and O–H groups in total. The van der Waals surface area contributed by atoms with Crippen LogP contribution >= 0.6 is 0 Å². The highest BCUT2D eigenvalue weighted by Gasteiger charge is 2.43. The second-order valence-corrected chi connectivity index (χ2v) is 4.88. The molecule has 2 aromatic rings. The highest BCUT2D eigenvalue weighted by Crippen LogP contribution is 2.28. The minimum absolute atomic E-state index is 0.0716. The van der Waals surface area contributed by atoms with E-state index in [0.717, 1.165) is 4.57 Å². The Bertz CT molecular complexity index is 767. The van der Waals surface area contributed by atoms with E-state index in [0.29, 0.717) is 0 Å². The Labute approximate surface area is 122 Å². The lowest BCUT2D eigenvalue weighted by Gasteiger charge is -2.17. The SMILES string of the molecule is O=c1[nH]c(=O)n([C@@H]2O[C@H](CO)[C@@H](O)[C@H]2O)cc1-c1ncc[nH]1. The molecule has 0 saturated carbocycles. The van der Waals surface area contributed by atoms with Crippen LogP contribution in [0.5, 0.6) is 0 Å². The van der Waals surface area contributed by atoms with Crippen molar-refractivity contribution in [3.05, 3.63) is 39.4 Å². The Balaban J connectivity index is 2.07. The molecule has 0 bridgehead atoms. The number of hydrogen-bond acceptors (Lipinski definition) is 7. The summed E-state index contributed by atoms with van der Waals surface area (Å²) >= 11 is 0. The maximum atomic E-state index is 11.9. The lowest BCUT2D eigenvalue weighted by molar-refractivity contribution is -0.0549. The van der Waals surface area contributed by atoms with Crippen molar-refractivity contribution in [2.45, 2.75) is 24.5 Å². The fraction of sp³-hybridized carbons (Fsp3) is 0.417. The van der Waals surface area contributed by atoms with Gasteiger partial charge in [0, 0.05) is 18.6 Å². The van der Waals surface area contributed by atoms with Gasteiger partial charge in [-0.15, -0.1) is 0 Å². The highest BCUT2D eigenvalue weighted by molar-refractivity contribution is 5.51. The summed E-state index contributed by atoms with van der Waals surface area (Å²) in [4.78, 5) is 32.5. The van der Waals surface area contributed by atoms with Crippen LogP contribution in [0.3, 0.4) is 0 Å². The van der Waals surface area contributed by atoms with Crippen molar-refractivity contribution in [3.63, 3.8) is 0 Å². The van der Waals surface area contributed by atoms with Crippen LogP contribution in [0.25, 0.3) is 11.4 Å². The van der Waals surface area contributed by atoms with E-state index >= 15 is 0 Å². The molecule has 10 nitrogen and oxygen atoms in total. The number of aliphatic hydroxyl groups is 3. The third-order valence-electron chi connectivity index (χ3n) is 3.51. The Morgan fingerprint density at radius 2 is 2.09 bits per heavy atom. The number of nitrogens with zero attached hydrogens (tertiary/aromatic N) is 2. The number of nitrogens with one attached hydrogen (secondary N) is 2. The zero-order chi connectivity index (χ0) is 15.9. The minimum atomic E-state index is -1.43. The fourth-order valence-corrected chi connectivity index (χ4v) is 2.37. The second kappa shape index (κ2) is 5.50. The van der Waals surface area contributed by atoms with Crippen LogP contribution in [0.4, 0.5) is 0 Å². The number of ether oxygens (including phenoxy) is 1. The molecule has 0 unspecified atom stereocenters. The average molecular weight is 310 g/mol. The van der Waals surface area contributed by atoms with Gasteiger partial charge in [-0.25, -0.2) is 9.78 Å². The zero-order valence-corrected chi connectivity index (χ0v) is 11.2. The van der Waals surface area contributed by atoms with Gasteiger partial charge in [-0.1, -0.05) is 0 Å². The largest absolute Gasteiger partial charge is 0.394 e. The topological polar surface area (TPSA) is 153 Å². The quantitative estimate of drug-likeness (QED) is 0.421.